The SMILES string of the molecule is CC(C)Cn1nc(C(=O)N2CCN(CCC(C)(C)C)CC2)c2ccccc2c1=O. The zero-order valence-electron chi connectivity index (χ0n) is 18.4. The summed E-state index contributed by atoms with van der Waals surface area (Å²) in [7, 11) is 0. The molecule has 0 N–H and O–H groups in total. The van der Waals surface area contributed by atoms with Crippen molar-refractivity contribution in [3.05, 3.63) is 40.3 Å². The molecule has 1 amide bonds. The van der Waals surface area contributed by atoms with Crippen molar-refractivity contribution in [2.45, 2.75) is 47.6 Å². The summed E-state index contributed by atoms with van der Waals surface area (Å²) in [6, 6.07) is 7.32. The van der Waals surface area contributed by atoms with Gasteiger partial charge in [-0.15, -0.1) is 0 Å². The van der Waals surface area contributed by atoms with E-state index in [0.717, 1.165) is 26.1 Å². The number of fused-ring (bicyclic) bond motifs is 1. The van der Waals surface area contributed by atoms with Crippen molar-refractivity contribution in [2.75, 3.05) is 32.7 Å². The molecule has 1 fully saturated rings. The first-order chi connectivity index (χ1) is 13.7. The fourth-order valence-corrected chi connectivity index (χ4v) is 3.68. The van der Waals surface area contributed by atoms with Gasteiger partial charge in [-0.2, -0.15) is 5.10 Å². The second kappa shape index (κ2) is 8.66. The van der Waals surface area contributed by atoms with E-state index in [1.165, 1.54) is 4.68 Å². The van der Waals surface area contributed by atoms with Gasteiger partial charge in [-0.3, -0.25) is 14.5 Å². The molecule has 0 spiro atoms. The molecule has 6 nitrogen and oxygen atoms in total. The van der Waals surface area contributed by atoms with Crippen molar-refractivity contribution in [1.82, 2.24) is 19.6 Å². The van der Waals surface area contributed by atoms with Gasteiger partial charge in [0.2, 0.25) is 0 Å². The Morgan fingerprint density at radius 3 is 2.28 bits per heavy atom. The number of carbonyl (C=O) groups is 1. The summed E-state index contributed by atoms with van der Waals surface area (Å²) in [6.07, 6.45) is 1.15. The van der Waals surface area contributed by atoms with Crippen molar-refractivity contribution in [3.63, 3.8) is 0 Å². The molecule has 29 heavy (non-hydrogen) atoms. The maximum atomic E-state index is 13.3. The molecule has 0 aliphatic carbocycles. The molecule has 1 aliphatic rings. The van der Waals surface area contributed by atoms with Crippen molar-refractivity contribution >= 4 is 16.7 Å². The smallest absolute Gasteiger partial charge is 0.275 e. The highest BCUT2D eigenvalue weighted by atomic mass is 16.2. The van der Waals surface area contributed by atoms with Gasteiger partial charge in [0, 0.05) is 38.1 Å². The fourth-order valence-electron chi connectivity index (χ4n) is 3.68. The Kier molecular flexibility index (Phi) is 6.42. The van der Waals surface area contributed by atoms with Gasteiger partial charge in [0.05, 0.1) is 5.39 Å². The summed E-state index contributed by atoms with van der Waals surface area (Å²) in [4.78, 5) is 30.4. The number of rotatable bonds is 5. The average Bonchev–Trinajstić information content (AvgIpc) is 2.67. The molecule has 3 rings (SSSR count). The van der Waals surface area contributed by atoms with Crippen LogP contribution >= 0.6 is 0 Å². The van der Waals surface area contributed by atoms with E-state index in [4.69, 9.17) is 0 Å². The molecule has 0 bridgehead atoms. The summed E-state index contributed by atoms with van der Waals surface area (Å²) in [6.45, 7) is 15.6. The minimum absolute atomic E-state index is 0.0748. The molecule has 2 heterocycles. The van der Waals surface area contributed by atoms with Crippen LogP contribution < -0.4 is 5.56 Å². The zero-order chi connectivity index (χ0) is 21.2. The predicted molar refractivity (Wildman–Crippen MR) is 117 cm³/mol. The van der Waals surface area contributed by atoms with Gasteiger partial charge in [0.25, 0.3) is 11.5 Å². The van der Waals surface area contributed by atoms with Gasteiger partial charge in [0.1, 0.15) is 0 Å². The lowest BCUT2D eigenvalue weighted by Crippen LogP contribution is -2.49. The topological polar surface area (TPSA) is 58.4 Å². The highest BCUT2D eigenvalue weighted by molar-refractivity contribution is 6.04. The van der Waals surface area contributed by atoms with Crippen molar-refractivity contribution in [1.29, 1.82) is 0 Å². The lowest BCUT2D eigenvalue weighted by Gasteiger charge is -2.36. The van der Waals surface area contributed by atoms with Gasteiger partial charge in [0.15, 0.2) is 5.69 Å². The molecule has 0 unspecified atom stereocenters. The number of amides is 1. The zero-order valence-corrected chi connectivity index (χ0v) is 18.4. The van der Waals surface area contributed by atoms with Crippen LogP contribution in [0.4, 0.5) is 0 Å². The lowest BCUT2D eigenvalue weighted by molar-refractivity contribution is 0.0617. The van der Waals surface area contributed by atoms with Crippen LogP contribution in [0.2, 0.25) is 0 Å². The number of benzene rings is 1. The maximum Gasteiger partial charge on any atom is 0.275 e. The molecular weight excluding hydrogens is 364 g/mol. The molecule has 1 aromatic carbocycles. The van der Waals surface area contributed by atoms with Crippen LogP contribution in [-0.4, -0.2) is 58.2 Å². The highest BCUT2D eigenvalue weighted by Gasteiger charge is 2.26. The Balaban J connectivity index is 1.81. The molecule has 0 atom stereocenters. The molecule has 0 radical (unpaired) electrons. The monoisotopic (exact) mass is 398 g/mol. The van der Waals surface area contributed by atoms with E-state index in [1.807, 2.05) is 36.9 Å². The lowest BCUT2D eigenvalue weighted by atomic mass is 9.92. The number of hydrogen-bond donors (Lipinski definition) is 0. The van der Waals surface area contributed by atoms with Crippen LogP contribution in [0.25, 0.3) is 10.8 Å². The largest absolute Gasteiger partial charge is 0.335 e. The maximum absolute atomic E-state index is 13.3. The summed E-state index contributed by atoms with van der Waals surface area (Å²) in [5, 5.41) is 5.72. The van der Waals surface area contributed by atoms with Crippen molar-refractivity contribution in [2.24, 2.45) is 11.3 Å². The molecule has 6 heteroatoms. The second-order valence-electron chi connectivity index (χ2n) is 9.72. The molecule has 1 aliphatic heterocycles. The third-order valence-corrected chi connectivity index (χ3v) is 5.45. The minimum atomic E-state index is -0.127. The first kappa shape index (κ1) is 21.5. The highest BCUT2D eigenvalue weighted by Crippen LogP contribution is 2.20. The first-order valence-electron chi connectivity index (χ1n) is 10.7. The molecule has 158 valence electrons. The van der Waals surface area contributed by atoms with Crippen molar-refractivity contribution in [3.8, 4) is 0 Å². The summed E-state index contributed by atoms with van der Waals surface area (Å²) < 4.78 is 1.46. The molecule has 2 aromatic rings. The van der Waals surface area contributed by atoms with E-state index in [1.54, 1.807) is 6.07 Å². The Labute approximate surface area is 173 Å². The Bertz CT molecular complexity index is 919. The van der Waals surface area contributed by atoms with Crippen LogP contribution in [0.3, 0.4) is 0 Å². The van der Waals surface area contributed by atoms with Gasteiger partial charge in [-0.25, -0.2) is 4.68 Å². The fraction of sp³-hybridized carbons (Fsp3) is 0.609. The molecule has 1 saturated heterocycles. The van der Waals surface area contributed by atoms with E-state index < -0.39 is 0 Å². The molecular formula is C23H34N4O2. The van der Waals surface area contributed by atoms with Gasteiger partial charge in [-0.05, 0) is 30.4 Å². The third-order valence-electron chi connectivity index (χ3n) is 5.45. The van der Waals surface area contributed by atoms with Crippen LogP contribution in [0, 0.1) is 11.3 Å². The van der Waals surface area contributed by atoms with E-state index in [2.05, 4.69) is 30.8 Å². The minimum Gasteiger partial charge on any atom is -0.335 e. The normalized spacial score (nSPS) is 16.0. The Morgan fingerprint density at radius 2 is 1.69 bits per heavy atom. The predicted octanol–water partition coefficient (Wildman–Crippen LogP) is 3.25. The van der Waals surface area contributed by atoms with Crippen LogP contribution in [-0.2, 0) is 6.54 Å². The van der Waals surface area contributed by atoms with E-state index in [9.17, 15) is 9.59 Å². The summed E-state index contributed by atoms with van der Waals surface area (Å²) in [5.74, 6) is 0.199. The first-order valence-corrected chi connectivity index (χ1v) is 10.7. The summed E-state index contributed by atoms with van der Waals surface area (Å²) in [5.41, 5.74) is 0.585. The quantitative estimate of drug-likeness (QED) is 0.776. The molecule has 0 saturated carbocycles. The van der Waals surface area contributed by atoms with Crippen LogP contribution in [0.1, 0.15) is 51.5 Å². The Hall–Kier alpha value is -2.21. The van der Waals surface area contributed by atoms with Crippen LogP contribution in [0.15, 0.2) is 29.1 Å². The van der Waals surface area contributed by atoms with E-state index >= 15 is 0 Å². The number of carbonyl (C=O) groups excluding carboxylic acids is 1. The average molecular weight is 399 g/mol. The third kappa shape index (κ3) is 5.24. The van der Waals surface area contributed by atoms with Gasteiger partial charge >= 0.3 is 0 Å². The molecule has 1 aromatic heterocycles. The van der Waals surface area contributed by atoms with Crippen molar-refractivity contribution < 1.29 is 4.79 Å². The van der Waals surface area contributed by atoms with Gasteiger partial charge < -0.3 is 4.90 Å². The number of hydrogen-bond acceptors (Lipinski definition) is 4. The number of piperazine rings is 1. The number of nitrogens with zero attached hydrogens (tertiary/aromatic N) is 4. The standard InChI is InChI=1S/C23H34N4O2/c1-17(2)16-27-21(28)19-9-7-6-8-18(19)20(24-27)22(29)26-14-12-25(13-15-26)11-10-23(3,4)5/h6-9,17H,10-16H2,1-5H3. The second-order valence-corrected chi connectivity index (χ2v) is 9.72. The van der Waals surface area contributed by atoms with Gasteiger partial charge in [-0.1, -0.05) is 52.8 Å². The summed E-state index contributed by atoms with van der Waals surface area (Å²) >= 11 is 0. The van der Waals surface area contributed by atoms with E-state index in [-0.39, 0.29) is 17.4 Å². The Morgan fingerprint density at radius 1 is 1.07 bits per heavy atom. The number of aromatic nitrogens is 2. The van der Waals surface area contributed by atoms with Crippen LogP contribution in [0.5, 0.6) is 0 Å². The van der Waals surface area contributed by atoms with E-state index in [0.29, 0.717) is 41.5 Å².